The average molecular weight is 420 g/mol. The van der Waals surface area contributed by atoms with Gasteiger partial charge in [-0.25, -0.2) is 4.68 Å². The Labute approximate surface area is 182 Å². The molecule has 0 aliphatic carbocycles. The van der Waals surface area contributed by atoms with Crippen LogP contribution in [-0.2, 0) is 0 Å². The first-order valence-electron chi connectivity index (χ1n) is 10.7. The molecule has 3 aromatic rings. The van der Waals surface area contributed by atoms with Gasteiger partial charge in [-0.3, -0.25) is 9.69 Å². The number of amides is 1. The predicted octanol–water partition coefficient (Wildman–Crippen LogP) is 2.00. The number of aromatic nitrogens is 4. The molecule has 1 fully saturated rings. The molecule has 162 valence electrons. The number of piperazine rings is 1. The first-order chi connectivity index (χ1) is 15.0. The topological polar surface area (TPSA) is 79.2 Å². The Morgan fingerprint density at radius 3 is 2.48 bits per heavy atom. The van der Waals surface area contributed by atoms with Crippen LogP contribution in [0.2, 0.25) is 0 Å². The summed E-state index contributed by atoms with van der Waals surface area (Å²) in [6.07, 6.45) is 1.53. The van der Waals surface area contributed by atoms with Crippen molar-refractivity contribution in [3.63, 3.8) is 0 Å². The number of likely N-dealkylation sites (N-methyl/N-ethyl adjacent to an activating group) is 1. The molecule has 0 bridgehead atoms. The van der Waals surface area contributed by atoms with Crippen LogP contribution in [0, 0.1) is 6.92 Å². The monoisotopic (exact) mass is 419 g/mol. The minimum Gasteiger partial charge on any atom is -0.348 e. The highest BCUT2D eigenvalue weighted by Crippen LogP contribution is 2.24. The smallest absolute Gasteiger partial charge is 0.251 e. The number of rotatable bonds is 6. The fourth-order valence-electron chi connectivity index (χ4n) is 3.84. The molecule has 2 heterocycles. The van der Waals surface area contributed by atoms with Crippen LogP contribution in [0.4, 0.5) is 0 Å². The molecule has 4 rings (SSSR count). The molecule has 31 heavy (non-hydrogen) atoms. The number of carbonyl (C=O) groups excluding carboxylic acids is 1. The van der Waals surface area contributed by atoms with E-state index in [1.807, 2.05) is 18.2 Å². The van der Waals surface area contributed by atoms with Crippen molar-refractivity contribution in [1.29, 1.82) is 0 Å². The first-order valence-corrected chi connectivity index (χ1v) is 10.7. The van der Waals surface area contributed by atoms with Crippen molar-refractivity contribution in [2.24, 2.45) is 0 Å². The van der Waals surface area contributed by atoms with E-state index in [1.54, 1.807) is 4.68 Å². The summed E-state index contributed by atoms with van der Waals surface area (Å²) >= 11 is 0. The van der Waals surface area contributed by atoms with Gasteiger partial charge in [-0.1, -0.05) is 29.8 Å². The van der Waals surface area contributed by atoms with E-state index in [0.717, 1.165) is 49.5 Å². The van der Waals surface area contributed by atoms with Crippen molar-refractivity contribution in [2.75, 3.05) is 39.8 Å². The lowest BCUT2D eigenvalue weighted by atomic mass is 10.0. The van der Waals surface area contributed by atoms with E-state index in [-0.39, 0.29) is 11.9 Å². The van der Waals surface area contributed by atoms with Crippen molar-refractivity contribution >= 4 is 5.91 Å². The van der Waals surface area contributed by atoms with Gasteiger partial charge in [0, 0.05) is 44.3 Å². The van der Waals surface area contributed by atoms with Crippen LogP contribution in [0.1, 0.15) is 22.8 Å². The number of benzene rings is 2. The summed E-state index contributed by atoms with van der Waals surface area (Å²) in [6.45, 7) is 9.15. The minimum absolute atomic E-state index is 0.0513. The van der Waals surface area contributed by atoms with Crippen molar-refractivity contribution < 1.29 is 4.79 Å². The van der Waals surface area contributed by atoms with Crippen molar-refractivity contribution in [2.45, 2.75) is 19.9 Å². The molecule has 1 saturated heterocycles. The number of nitrogens with one attached hydrogen (secondary N) is 1. The van der Waals surface area contributed by atoms with Gasteiger partial charge in [0.05, 0.1) is 5.69 Å². The zero-order chi connectivity index (χ0) is 21.8. The molecule has 0 saturated carbocycles. The SMILES string of the molecule is Cc1ccc(-c2cc(C(=O)NC(C)CN3CCN(C)CC3)cc(-n3cnnn3)c2)cc1. The van der Waals surface area contributed by atoms with E-state index in [9.17, 15) is 4.79 Å². The van der Waals surface area contributed by atoms with E-state index in [1.165, 1.54) is 11.9 Å². The van der Waals surface area contributed by atoms with Gasteiger partial charge >= 0.3 is 0 Å². The Morgan fingerprint density at radius 2 is 1.81 bits per heavy atom. The molecule has 1 unspecified atom stereocenters. The van der Waals surface area contributed by atoms with Gasteiger partial charge in [0.1, 0.15) is 6.33 Å². The highest BCUT2D eigenvalue weighted by Gasteiger charge is 2.18. The number of nitrogens with zero attached hydrogens (tertiary/aromatic N) is 6. The van der Waals surface area contributed by atoms with Crippen LogP contribution in [0.25, 0.3) is 16.8 Å². The van der Waals surface area contributed by atoms with Gasteiger partial charge in [0.15, 0.2) is 0 Å². The highest BCUT2D eigenvalue weighted by molar-refractivity contribution is 5.96. The van der Waals surface area contributed by atoms with Crippen molar-refractivity contribution in [3.05, 3.63) is 59.9 Å². The van der Waals surface area contributed by atoms with Gasteiger partial charge in [-0.15, -0.1) is 5.10 Å². The second-order valence-corrected chi connectivity index (χ2v) is 8.37. The maximum atomic E-state index is 13.1. The molecule has 1 N–H and O–H groups in total. The van der Waals surface area contributed by atoms with Gasteiger partial charge in [0.25, 0.3) is 5.91 Å². The Morgan fingerprint density at radius 1 is 1.06 bits per heavy atom. The maximum absolute atomic E-state index is 13.1. The van der Waals surface area contributed by atoms with Gasteiger partial charge in [0.2, 0.25) is 0 Å². The van der Waals surface area contributed by atoms with E-state index in [0.29, 0.717) is 5.56 Å². The molecule has 2 aromatic carbocycles. The van der Waals surface area contributed by atoms with Crippen LogP contribution in [-0.4, -0.2) is 81.7 Å². The summed E-state index contributed by atoms with van der Waals surface area (Å²) in [4.78, 5) is 17.8. The molecule has 0 radical (unpaired) electrons. The number of tetrazole rings is 1. The largest absolute Gasteiger partial charge is 0.348 e. The lowest BCUT2D eigenvalue weighted by Gasteiger charge is -2.34. The fraction of sp³-hybridized carbons (Fsp3) is 0.391. The number of hydrogen-bond acceptors (Lipinski definition) is 6. The Balaban J connectivity index is 1.54. The average Bonchev–Trinajstić information content (AvgIpc) is 3.30. The summed E-state index contributed by atoms with van der Waals surface area (Å²) in [5.41, 5.74) is 4.52. The molecule has 8 nitrogen and oxygen atoms in total. The third-order valence-corrected chi connectivity index (χ3v) is 5.68. The third kappa shape index (κ3) is 5.34. The Kier molecular flexibility index (Phi) is 6.39. The van der Waals surface area contributed by atoms with Crippen LogP contribution < -0.4 is 5.32 Å². The normalized spacial score (nSPS) is 16.2. The fourth-order valence-corrected chi connectivity index (χ4v) is 3.84. The lowest BCUT2D eigenvalue weighted by molar-refractivity contribution is 0.0914. The first kappa shape index (κ1) is 21.1. The Bertz CT molecular complexity index is 1010. The summed E-state index contributed by atoms with van der Waals surface area (Å²) < 4.78 is 1.57. The van der Waals surface area contributed by atoms with Gasteiger partial charge < -0.3 is 10.2 Å². The van der Waals surface area contributed by atoms with Crippen molar-refractivity contribution in [3.8, 4) is 16.8 Å². The van der Waals surface area contributed by atoms with E-state index in [2.05, 4.69) is 75.8 Å². The van der Waals surface area contributed by atoms with Crippen molar-refractivity contribution in [1.82, 2.24) is 35.3 Å². The van der Waals surface area contributed by atoms with E-state index >= 15 is 0 Å². The summed E-state index contributed by atoms with van der Waals surface area (Å²) in [7, 11) is 2.14. The van der Waals surface area contributed by atoms with Crippen LogP contribution in [0.3, 0.4) is 0 Å². The molecule has 1 aromatic heterocycles. The summed E-state index contributed by atoms with van der Waals surface area (Å²) in [6, 6.07) is 14.1. The molecular formula is C23H29N7O. The van der Waals surface area contributed by atoms with Gasteiger partial charge in [-0.05, 0) is 60.6 Å². The highest BCUT2D eigenvalue weighted by atomic mass is 16.1. The van der Waals surface area contributed by atoms with E-state index < -0.39 is 0 Å². The third-order valence-electron chi connectivity index (χ3n) is 5.68. The number of aryl methyl sites for hydroxylation is 1. The summed E-state index contributed by atoms with van der Waals surface area (Å²) in [5.74, 6) is -0.0927. The lowest BCUT2D eigenvalue weighted by Crippen LogP contribution is -2.49. The molecule has 1 atom stereocenters. The molecule has 8 heteroatoms. The molecular weight excluding hydrogens is 390 g/mol. The maximum Gasteiger partial charge on any atom is 0.251 e. The van der Waals surface area contributed by atoms with Crippen LogP contribution in [0.5, 0.6) is 0 Å². The summed E-state index contributed by atoms with van der Waals surface area (Å²) in [5, 5.41) is 14.6. The predicted molar refractivity (Wildman–Crippen MR) is 120 cm³/mol. The number of hydrogen-bond donors (Lipinski definition) is 1. The zero-order valence-corrected chi connectivity index (χ0v) is 18.3. The number of carbonyl (C=O) groups is 1. The zero-order valence-electron chi connectivity index (χ0n) is 18.3. The second kappa shape index (κ2) is 9.36. The van der Waals surface area contributed by atoms with E-state index in [4.69, 9.17) is 0 Å². The van der Waals surface area contributed by atoms with Crippen LogP contribution in [0.15, 0.2) is 48.8 Å². The standard InChI is InChI=1S/C23H29N7O/c1-17-4-6-19(7-5-17)20-12-21(14-22(13-20)30-16-24-26-27-30)23(31)25-18(2)15-29-10-8-28(3)9-11-29/h4-7,12-14,16,18H,8-11,15H2,1-3H3,(H,25,31). The molecule has 0 spiro atoms. The van der Waals surface area contributed by atoms with Gasteiger partial charge in [-0.2, -0.15) is 0 Å². The van der Waals surface area contributed by atoms with Crippen LogP contribution >= 0.6 is 0 Å². The quantitative estimate of drug-likeness (QED) is 0.658. The molecule has 1 amide bonds. The molecule has 1 aliphatic rings. The Hall–Kier alpha value is -3.10. The molecule has 1 aliphatic heterocycles. The minimum atomic E-state index is -0.0927. The second-order valence-electron chi connectivity index (χ2n) is 8.37.